The molecule has 1 aliphatic heterocycles. The molecule has 0 bridgehead atoms. The number of rotatable bonds is 16. The number of hydrogen-bond acceptors (Lipinski definition) is 12. The predicted molar refractivity (Wildman–Crippen MR) is 324 cm³/mol. The van der Waals surface area contributed by atoms with Crippen LogP contribution in [0.3, 0.4) is 0 Å². The highest BCUT2D eigenvalue weighted by molar-refractivity contribution is 5.99. The number of para-hydroxylation sites is 1. The minimum Gasteiger partial charge on any atom is -0.370 e. The quantitative estimate of drug-likeness (QED) is 0.0341. The van der Waals surface area contributed by atoms with Crippen LogP contribution in [0.15, 0.2) is 121 Å². The topological polar surface area (TPSA) is 414 Å². The van der Waals surface area contributed by atoms with E-state index in [9.17, 15) is 47.9 Å². The zero-order valence-electron chi connectivity index (χ0n) is 48.3. The van der Waals surface area contributed by atoms with Crippen molar-refractivity contribution in [3.05, 3.63) is 138 Å². The van der Waals surface area contributed by atoms with E-state index in [2.05, 4.69) is 67.8 Å². The second-order valence-electron chi connectivity index (χ2n) is 21.4. The summed E-state index contributed by atoms with van der Waals surface area (Å²) in [5, 5.41) is 27.2. The highest BCUT2D eigenvalue weighted by atomic mass is 16.2. The Hall–Kier alpha value is -10.1. The van der Waals surface area contributed by atoms with Gasteiger partial charge in [-0.05, 0) is 72.1 Å². The largest absolute Gasteiger partial charge is 0.370 e. The fourth-order valence-corrected chi connectivity index (χ4v) is 10.1. The molecule has 460 valence electrons. The van der Waals surface area contributed by atoms with Crippen LogP contribution in [-0.4, -0.2) is 142 Å². The highest BCUT2D eigenvalue weighted by Crippen LogP contribution is 2.21. The number of amides is 10. The lowest BCUT2D eigenvalue weighted by molar-refractivity contribution is -0.136. The molecule has 4 aromatic carbocycles. The van der Waals surface area contributed by atoms with E-state index >= 15 is 0 Å². The van der Waals surface area contributed by atoms with Crippen LogP contribution < -0.4 is 65.1 Å². The van der Waals surface area contributed by atoms with Crippen molar-refractivity contribution in [3.8, 4) is 0 Å². The molecule has 7 atom stereocenters. The number of fused-ring (bicyclic) bond motifs is 2. The molecular weight excluding hydrogens is 1120 g/mol. The number of aromatic nitrogens is 3. The van der Waals surface area contributed by atoms with Gasteiger partial charge in [0.05, 0.1) is 12.7 Å². The van der Waals surface area contributed by atoms with E-state index in [1.807, 2.05) is 60.7 Å². The summed E-state index contributed by atoms with van der Waals surface area (Å²) in [5.41, 5.74) is 20.0. The molecule has 3 heterocycles. The fraction of sp³-hybridized carbons (Fsp3) is 0.377. The molecule has 87 heavy (non-hydrogen) atoms. The molecule has 0 spiro atoms. The van der Waals surface area contributed by atoms with Gasteiger partial charge in [-0.1, -0.05) is 91.0 Å². The average molecular weight is 1190 g/mol. The molecule has 6 aromatic rings. The van der Waals surface area contributed by atoms with E-state index in [4.69, 9.17) is 17.2 Å². The van der Waals surface area contributed by atoms with E-state index in [-0.39, 0.29) is 89.8 Å². The van der Waals surface area contributed by atoms with Crippen LogP contribution in [-0.2, 0) is 73.6 Å². The Morgan fingerprint density at radius 2 is 1.32 bits per heavy atom. The molecule has 0 saturated carbocycles. The molecular formula is C61H76N16O10. The third kappa shape index (κ3) is 20.3. The normalized spacial score (nSPS) is 20.5. The number of guanidine groups is 1. The van der Waals surface area contributed by atoms with Gasteiger partial charge in [0.25, 0.3) is 0 Å². The molecule has 1 saturated heterocycles. The maximum absolute atomic E-state index is 14.9. The van der Waals surface area contributed by atoms with Gasteiger partial charge in [-0.2, -0.15) is 0 Å². The first-order valence-corrected chi connectivity index (χ1v) is 28.9. The van der Waals surface area contributed by atoms with Crippen molar-refractivity contribution in [2.24, 2.45) is 22.2 Å². The van der Waals surface area contributed by atoms with Gasteiger partial charge in [-0.15, -0.1) is 0 Å². The van der Waals surface area contributed by atoms with Crippen LogP contribution >= 0.6 is 0 Å². The van der Waals surface area contributed by atoms with Crippen LogP contribution in [0.5, 0.6) is 0 Å². The van der Waals surface area contributed by atoms with Crippen molar-refractivity contribution in [3.63, 3.8) is 0 Å². The second-order valence-corrected chi connectivity index (χ2v) is 21.4. The van der Waals surface area contributed by atoms with Crippen LogP contribution in [0.1, 0.15) is 80.7 Å². The molecule has 0 radical (unpaired) electrons. The van der Waals surface area contributed by atoms with Crippen LogP contribution in [0, 0.1) is 0 Å². The summed E-state index contributed by atoms with van der Waals surface area (Å²) >= 11 is 0. The number of nitrogens with two attached hydrogens (primary N) is 3. The number of carbonyl (C=O) groups is 10. The minimum absolute atomic E-state index is 0.0113. The number of aliphatic imine (C=N–C) groups is 1. The lowest BCUT2D eigenvalue weighted by atomic mass is 10.0. The Labute approximate surface area is 501 Å². The number of carbonyl (C=O) groups excluding carboxylic acids is 10. The molecule has 0 aliphatic carbocycles. The minimum atomic E-state index is -1.67. The molecule has 10 amide bonds. The van der Waals surface area contributed by atoms with E-state index in [0.717, 1.165) is 21.7 Å². The van der Waals surface area contributed by atoms with E-state index in [1.54, 1.807) is 42.6 Å². The first kappa shape index (κ1) is 64.4. The molecule has 2 aromatic heterocycles. The first-order chi connectivity index (χ1) is 41.9. The average Bonchev–Trinajstić information content (AvgIpc) is 3.13. The maximum Gasteiger partial charge on any atom is 0.243 e. The summed E-state index contributed by atoms with van der Waals surface area (Å²) in [5.74, 6) is -7.70. The van der Waals surface area contributed by atoms with Crippen LogP contribution in [0.4, 0.5) is 0 Å². The van der Waals surface area contributed by atoms with Crippen molar-refractivity contribution in [2.45, 2.75) is 126 Å². The number of primary amides is 1. The number of imidazole rings is 1. The fourth-order valence-electron chi connectivity index (χ4n) is 10.1. The Morgan fingerprint density at radius 1 is 0.655 bits per heavy atom. The van der Waals surface area contributed by atoms with Crippen molar-refractivity contribution < 1.29 is 47.9 Å². The Balaban J connectivity index is 1.22. The van der Waals surface area contributed by atoms with Gasteiger partial charge in [-0.25, -0.2) is 4.98 Å². The van der Waals surface area contributed by atoms with Gasteiger partial charge in [0.1, 0.15) is 42.3 Å². The summed E-state index contributed by atoms with van der Waals surface area (Å²) in [6.45, 7) is 1.30. The van der Waals surface area contributed by atoms with Crippen molar-refractivity contribution >= 4 is 86.7 Å². The summed E-state index contributed by atoms with van der Waals surface area (Å²) < 4.78 is 0. The SMILES string of the molecule is CC(=O)N[C@@H](Cc1ccc2ccccc2c1)C(=O)N[C@H]1CC(=O)NCCCC[C@@H](C(N)=O)NC(=O)CCCNC(=O)[C@H](Cc2c[nH]c3ccccc23)NC(=O)[C@H](CCCN=C(N)N)NC(=O)[C@@H](Cc2ccccc2)NC(=O)[C@H](Cc2cnc[nH]2)NC1=O. The summed E-state index contributed by atoms with van der Waals surface area (Å²) in [4.78, 5) is 154. The van der Waals surface area contributed by atoms with Crippen LogP contribution in [0.25, 0.3) is 21.7 Å². The van der Waals surface area contributed by atoms with Gasteiger partial charge in [-0.3, -0.25) is 52.9 Å². The van der Waals surface area contributed by atoms with Crippen molar-refractivity contribution in [1.82, 2.24) is 62.8 Å². The molecule has 26 heteroatoms. The monoisotopic (exact) mass is 1190 g/mol. The summed E-state index contributed by atoms with van der Waals surface area (Å²) in [6.07, 6.45) is 4.24. The molecule has 17 N–H and O–H groups in total. The van der Waals surface area contributed by atoms with Gasteiger partial charge in [0.15, 0.2) is 5.96 Å². The smallest absolute Gasteiger partial charge is 0.243 e. The number of H-pyrrole nitrogens is 2. The molecule has 26 nitrogen and oxygen atoms in total. The van der Waals surface area contributed by atoms with Crippen molar-refractivity contribution in [2.75, 3.05) is 19.6 Å². The van der Waals surface area contributed by atoms with Gasteiger partial charge >= 0.3 is 0 Å². The van der Waals surface area contributed by atoms with Gasteiger partial charge in [0, 0.05) is 87.7 Å². The molecule has 1 fully saturated rings. The number of nitrogens with one attached hydrogen (secondary N) is 11. The number of hydrogen-bond donors (Lipinski definition) is 14. The highest BCUT2D eigenvalue weighted by Gasteiger charge is 2.35. The molecule has 1 aliphatic rings. The zero-order valence-corrected chi connectivity index (χ0v) is 48.3. The molecule has 0 unspecified atom stereocenters. The third-order valence-electron chi connectivity index (χ3n) is 14.6. The molecule has 7 rings (SSSR count). The van der Waals surface area contributed by atoms with E-state index in [1.165, 1.54) is 19.4 Å². The van der Waals surface area contributed by atoms with Gasteiger partial charge < -0.3 is 75.0 Å². The standard InChI is InChI=1S/C61H76N16O10/c1-36(78)71-47(29-38-22-23-39-15-5-6-16-40(39)27-38)57(84)77-51-32-53(80)66-24-10-9-19-45(54(62)81)72-52(79)21-12-25-67-55(82)49(30-41-33-69-44-18-8-7-17-43(41)44)75-56(83)46(20-11-26-68-61(63)64)73-58(85)48(28-37-13-3-2-4-14-37)74-59(86)50(76-60(51)87)31-42-34-65-35-70-42/h2-8,13-18,22-23,27,33-35,45-51,69H,9-12,19-21,24-26,28-32H2,1H3,(H2,62,81)(H,65,70)(H,66,80)(H,67,82)(H,71,78)(H,72,79)(H,73,85)(H,74,86)(H,75,83)(H,76,87)(H,77,84)(H4,63,64,68)/t45-,46-,47-,48+,49-,50-,51-/m0/s1. The number of nitrogens with zero attached hydrogens (tertiary/aromatic N) is 2. The maximum atomic E-state index is 14.9. The summed E-state index contributed by atoms with van der Waals surface area (Å²) in [6, 6.07) is 19.6. The lowest BCUT2D eigenvalue weighted by Gasteiger charge is -2.28. The van der Waals surface area contributed by atoms with Crippen LogP contribution in [0.2, 0.25) is 0 Å². The number of aromatic amines is 2. The Kier molecular flexibility index (Phi) is 23.9. The second kappa shape index (κ2) is 32.2. The number of benzene rings is 4. The summed E-state index contributed by atoms with van der Waals surface area (Å²) in [7, 11) is 0. The Morgan fingerprint density at radius 3 is 2.05 bits per heavy atom. The van der Waals surface area contributed by atoms with E-state index in [0.29, 0.717) is 28.8 Å². The third-order valence-corrected chi connectivity index (χ3v) is 14.6. The lowest BCUT2D eigenvalue weighted by Crippen LogP contribution is -2.61. The predicted octanol–water partition coefficient (Wildman–Crippen LogP) is -0.146. The zero-order chi connectivity index (χ0) is 62.2. The first-order valence-electron chi connectivity index (χ1n) is 28.9. The van der Waals surface area contributed by atoms with E-state index < -0.39 is 108 Å². The van der Waals surface area contributed by atoms with Gasteiger partial charge in [0.2, 0.25) is 59.1 Å². The Bertz CT molecular complexity index is 3400. The van der Waals surface area contributed by atoms with Crippen molar-refractivity contribution in [1.29, 1.82) is 0 Å².